The van der Waals surface area contributed by atoms with E-state index in [1.54, 1.807) is 20.0 Å². The average molecular weight is 253 g/mol. The highest BCUT2D eigenvalue weighted by molar-refractivity contribution is 5.92. The highest BCUT2D eigenvalue weighted by Crippen LogP contribution is 2.14. The molecule has 0 aliphatic heterocycles. The summed E-state index contributed by atoms with van der Waals surface area (Å²) in [6.07, 6.45) is -0.0797. The number of nitrogens with one attached hydrogen (secondary N) is 1. The van der Waals surface area contributed by atoms with E-state index in [4.69, 9.17) is 5.11 Å². The number of hydrogen-bond acceptors (Lipinski definition) is 3. The topological polar surface area (TPSA) is 86.3 Å². The monoisotopic (exact) mass is 253 g/mol. The highest BCUT2D eigenvalue weighted by atomic mass is 16.4. The molecule has 1 aromatic rings. The van der Waals surface area contributed by atoms with Gasteiger partial charge in [0.15, 0.2) is 0 Å². The summed E-state index contributed by atoms with van der Waals surface area (Å²) in [7, 11) is 1.58. The fourth-order valence-corrected chi connectivity index (χ4v) is 1.51. The number of carbonyl (C=O) groups excluding carboxylic acids is 1. The summed E-state index contributed by atoms with van der Waals surface area (Å²) in [4.78, 5) is 24.1. The Bertz CT molecular complexity index is 440. The fraction of sp³-hybridized carbons (Fsp3) is 0.583. The fourth-order valence-electron chi connectivity index (χ4n) is 1.51. The molecule has 1 unspecified atom stereocenters. The van der Waals surface area contributed by atoms with Crippen LogP contribution in [0.15, 0.2) is 6.07 Å². The first-order valence-corrected chi connectivity index (χ1v) is 5.87. The number of carboxylic acids is 1. The molecule has 0 bridgehead atoms. The van der Waals surface area contributed by atoms with Gasteiger partial charge in [-0.25, -0.2) is 0 Å². The summed E-state index contributed by atoms with van der Waals surface area (Å²) in [5.74, 6) is -0.931. The minimum atomic E-state index is -0.924. The van der Waals surface area contributed by atoms with Crippen molar-refractivity contribution in [1.29, 1.82) is 0 Å². The number of hydrogen-bond donors (Lipinski definition) is 2. The first-order valence-electron chi connectivity index (χ1n) is 5.87. The molecule has 0 aliphatic rings. The van der Waals surface area contributed by atoms with E-state index in [2.05, 4.69) is 10.2 Å². The zero-order valence-electron chi connectivity index (χ0n) is 11.1. The molecule has 0 spiro atoms. The lowest BCUT2D eigenvalue weighted by molar-refractivity contribution is -0.137. The van der Waals surface area contributed by atoms with Crippen LogP contribution in [-0.4, -0.2) is 45.2 Å². The molecule has 0 radical (unpaired) electrons. The van der Waals surface area contributed by atoms with Crippen LogP contribution in [0.3, 0.4) is 0 Å². The Kier molecular flexibility index (Phi) is 4.47. The first kappa shape index (κ1) is 14.2. The molecule has 0 saturated carbocycles. The number of carboxylic acid groups (broad SMARTS) is 1. The minimum absolute atomic E-state index is 0.0797. The molecule has 0 aromatic carbocycles. The molecule has 1 amide bonds. The Morgan fingerprint density at radius 1 is 1.44 bits per heavy atom. The summed E-state index contributed by atoms with van der Waals surface area (Å²) in [6.45, 7) is 5.69. The number of aliphatic carboxylic acids is 1. The third-order valence-electron chi connectivity index (χ3n) is 2.89. The molecule has 100 valence electrons. The Hall–Kier alpha value is -1.85. The van der Waals surface area contributed by atoms with Gasteiger partial charge in [0.25, 0.3) is 5.91 Å². The van der Waals surface area contributed by atoms with E-state index in [9.17, 15) is 9.59 Å². The van der Waals surface area contributed by atoms with Gasteiger partial charge in [-0.3, -0.25) is 14.7 Å². The van der Waals surface area contributed by atoms with Crippen molar-refractivity contribution in [2.24, 2.45) is 0 Å². The van der Waals surface area contributed by atoms with Gasteiger partial charge in [-0.1, -0.05) is 13.8 Å². The number of amides is 1. The van der Waals surface area contributed by atoms with Gasteiger partial charge in [-0.15, -0.1) is 0 Å². The van der Waals surface area contributed by atoms with Crippen LogP contribution < -0.4 is 0 Å². The van der Waals surface area contributed by atoms with Crippen molar-refractivity contribution in [3.05, 3.63) is 17.5 Å². The normalized spacial score (nSPS) is 12.5. The Balaban J connectivity index is 2.76. The van der Waals surface area contributed by atoms with Crippen molar-refractivity contribution in [3.8, 4) is 0 Å². The molecular formula is C12H19N3O3. The van der Waals surface area contributed by atoms with Gasteiger partial charge in [0.2, 0.25) is 0 Å². The summed E-state index contributed by atoms with van der Waals surface area (Å²) in [6, 6.07) is 1.34. The van der Waals surface area contributed by atoms with Gasteiger partial charge in [-0.05, 0) is 18.9 Å². The first-order chi connectivity index (χ1) is 8.32. The maximum absolute atomic E-state index is 12.1. The number of aromatic nitrogens is 2. The van der Waals surface area contributed by atoms with Gasteiger partial charge in [0.05, 0.1) is 6.42 Å². The van der Waals surface area contributed by atoms with Crippen LogP contribution >= 0.6 is 0 Å². The smallest absolute Gasteiger partial charge is 0.305 e. The molecule has 1 atom stereocenters. The minimum Gasteiger partial charge on any atom is -0.481 e. The third kappa shape index (κ3) is 3.32. The molecule has 6 nitrogen and oxygen atoms in total. The van der Waals surface area contributed by atoms with Crippen molar-refractivity contribution < 1.29 is 14.7 Å². The van der Waals surface area contributed by atoms with E-state index >= 15 is 0 Å². The predicted molar refractivity (Wildman–Crippen MR) is 66.5 cm³/mol. The molecule has 1 aromatic heterocycles. The SMILES string of the molecule is CC(C)c1cc(C(=O)N(C)C(C)CC(=O)O)n[nH]1. The molecule has 1 heterocycles. The summed E-state index contributed by atoms with van der Waals surface area (Å²) < 4.78 is 0. The summed E-state index contributed by atoms with van der Waals surface area (Å²) in [5.41, 5.74) is 1.20. The van der Waals surface area contributed by atoms with Crippen molar-refractivity contribution in [3.63, 3.8) is 0 Å². The van der Waals surface area contributed by atoms with Crippen LogP contribution in [0.2, 0.25) is 0 Å². The van der Waals surface area contributed by atoms with E-state index in [1.165, 1.54) is 4.90 Å². The summed E-state index contributed by atoms with van der Waals surface area (Å²) >= 11 is 0. The van der Waals surface area contributed by atoms with Crippen molar-refractivity contribution >= 4 is 11.9 Å². The number of nitrogens with zero attached hydrogens (tertiary/aromatic N) is 2. The highest BCUT2D eigenvalue weighted by Gasteiger charge is 2.22. The number of aromatic amines is 1. The lowest BCUT2D eigenvalue weighted by Crippen LogP contribution is -2.36. The predicted octanol–water partition coefficient (Wildman–Crippen LogP) is 1.47. The quantitative estimate of drug-likeness (QED) is 0.832. The molecular weight excluding hydrogens is 234 g/mol. The second kappa shape index (κ2) is 5.66. The molecule has 18 heavy (non-hydrogen) atoms. The molecule has 1 rings (SSSR count). The molecule has 2 N–H and O–H groups in total. The second-order valence-corrected chi connectivity index (χ2v) is 4.73. The zero-order valence-corrected chi connectivity index (χ0v) is 11.1. The van der Waals surface area contributed by atoms with Crippen LogP contribution in [0.25, 0.3) is 0 Å². The zero-order chi connectivity index (χ0) is 13.9. The maximum Gasteiger partial charge on any atom is 0.305 e. The van der Waals surface area contributed by atoms with Crippen LogP contribution in [0.1, 0.15) is 49.3 Å². The molecule has 6 heteroatoms. The van der Waals surface area contributed by atoms with Gasteiger partial charge in [0, 0.05) is 18.8 Å². The van der Waals surface area contributed by atoms with Crippen LogP contribution in [0, 0.1) is 0 Å². The van der Waals surface area contributed by atoms with E-state index in [1.807, 2.05) is 13.8 Å². The Morgan fingerprint density at radius 2 is 2.06 bits per heavy atom. The van der Waals surface area contributed by atoms with Crippen LogP contribution in [0.4, 0.5) is 0 Å². The van der Waals surface area contributed by atoms with Crippen molar-refractivity contribution in [1.82, 2.24) is 15.1 Å². The third-order valence-corrected chi connectivity index (χ3v) is 2.89. The number of H-pyrrole nitrogens is 1. The second-order valence-electron chi connectivity index (χ2n) is 4.73. The molecule has 0 aliphatic carbocycles. The standard InChI is InChI=1S/C12H19N3O3/c1-7(2)9-6-10(14-13-9)12(18)15(4)8(3)5-11(16)17/h6-8H,5H2,1-4H3,(H,13,14)(H,16,17). The van der Waals surface area contributed by atoms with Crippen molar-refractivity contribution in [2.75, 3.05) is 7.05 Å². The van der Waals surface area contributed by atoms with E-state index in [-0.39, 0.29) is 24.3 Å². The Labute approximate surface area is 106 Å². The van der Waals surface area contributed by atoms with E-state index < -0.39 is 5.97 Å². The largest absolute Gasteiger partial charge is 0.481 e. The lowest BCUT2D eigenvalue weighted by atomic mass is 10.1. The van der Waals surface area contributed by atoms with Crippen molar-refractivity contribution in [2.45, 2.75) is 39.2 Å². The van der Waals surface area contributed by atoms with Crippen LogP contribution in [0.5, 0.6) is 0 Å². The van der Waals surface area contributed by atoms with Gasteiger partial charge < -0.3 is 10.0 Å². The van der Waals surface area contributed by atoms with E-state index in [0.29, 0.717) is 5.69 Å². The Morgan fingerprint density at radius 3 is 2.50 bits per heavy atom. The molecule has 0 saturated heterocycles. The number of rotatable bonds is 5. The summed E-state index contributed by atoms with van der Waals surface area (Å²) in [5, 5.41) is 15.5. The van der Waals surface area contributed by atoms with Gasteiger partial charge >= 0.3 is 5.97 Å². The maximum atomic E-state index is 12.1. The number of carbonyl (C=O) groups is 2. The average Bonchev–Trinajstić information content (AvgIpc) is 2.75. The van der Waals surface area contributed by atoms with Gasteiger partial charge in [0.1, 0.15) is 5.69 Å². The van der Waals surface area contributed by atoms with Gasteiger partial charge in [-0.2, -0.15) is 5.10 Å². The molecule has 0 fully saturated rings. The van der Waals surface area contributed by atoms with Crippen LogP contribution in [-0.2, 0) is 4.79 Å². The lowest BCUT2D eigenvalue weighted by Gasteiger charge is -2.22. The van der Waals surface area contributed by atoms with E-state index in [0.717, 1.165) is 5.69 Å².